The third-order valence-electron chi connectivity index (χ3n) is 11.9. The molecule has 0 aromatic heterocycles. The van der Waals surface area contributed by atoms with Gasteiger partial charge in [-0.1, -0.05) is 238 Å². The summed E-state index contributed by atoms with van der Waals surface area (Å²) in [5.41, 5.74) is 0. The van der Waals surface area contributed by atoms with E-state index in [0.29, 0.717) is 6.42 Å². The van der Waals surface area contributed by atoms with Crippen molar-refractivity contribution in [1.82, 2.24) is 5.32 Å². The van der Waals surface area contributed by atoms with E-state index in [1.165, 1.54) is 212 Å². The van der Waals surface area contributed by atoms with Crippen LogP contribution < -0.4 is 5.32 Å². The number of hydrogen-bond acceptors (Lipinski definition) is 7. The fourth-order valence-electron chi connectivity index (χ4n) is 7.91. The van der Waals surface area contributed by atoms with Crippen LogP contribution in [0, 0.1) is 0 Å². The highest BCUT2D eigenvalue weighted by molar-refractivity contribution is 7.47. The number of ether oxygens (including phenoxy) is 1. The average Bonchev–Trinajstić information content (AvgIpc) is 3.26. The van der Waals surface area contributed by atoms with Crippen molar-refractivity contribution >= 4 is 19.7 Å². The molecule has 0 spiro atoms. The Morgan fingerprint density at radius 2 is 0.823 bits per heavy atom. The Balaban J connectivity index is 3.50. The minimum atomic E-state index is -4.42. The van der Waals surface area contributed by atoms with Crippen LogP contribution in [0.4, 0.5) is 0 Å². The lowest BCUT2D eigenvalue weighted by Crippen LogP contribution is -2.27. The lowest BCUT2D eigenvalue weighted by Gasteiger charge is -2.15. The van der Waals surface area contributed by atoms with E-state index in [1.54, 1.807) is 0 Å². The summed E-state index contributed by atoms with van der Waals surface area (Å²) in [5, 5.41) is 12.8. The van der Waals surface area contributed by atoms with Gasteiger partial charge in [-0.15, -0.1) is 0 Å². The summed E-state index contributed by atoms with van der Waals surface area (Å²) in [6, 6.07) is 0. The number of allylic oxidation sites excluding steroid dienone is 2. The van der Waals surface area contributed by atoms with E-state index >= 15 is 0 Å². The normalized spacial score (nSPS) is 13.2. The van der Waals surface area contributed by atoms with E-state index in [4.69, 9.17) is 13.8 Å². The second-order valence-corrected chi connectivity index (χ2v) is 19.7. The van der Waals surface area contributed by atoms with Crippen LogP contribution in [-0.2, 0) is 27.9 Å². The van der Waals surface area contributed by atoms with Crippen molar-refractivity contribution in [3.05, 3.63) is 12.2 Å². The highest BCUT2D eigenvalue weighted by atomic mass is 31.2. The first-order valence-corrected chi connectivity index (χ1v) is 28.2. The zero-order valence-corrected chi connectivity index (χ0v) is 41.7. The van der Waals surface area contributed by atoms with E-state index in [1.807, 2.05) is 0 Å². The van der Waals surface area contributed by atoms with E-state index < -0.39 is 26.5 Å². The minimum Gasteiger partial charge on any atom is -0.463 e. The number of amides is 1. The lowest BCUT2D eigenvalue weighted by molar-refractivity contribution is -0.147. The maximum atomic E-state index is 12.2. The number of carbonyl (C=O) groups is 2. The van der Waals surface area contributed by atoms with Crippen LogP contribution in [0.3, 0.4) is 0 Å². The van der Waals surface area contributed by atoms with Crippen LogP contribution in [0.1, 0.15) is 277 Å². The molecule has 0 fully saturated rings. The quantitative estimate of drug-likeness (QED) is 0.0238. The molecule has 0 aromatic rings. The van der Waals surface area contributed by atoms with Crippen LogP contribution in [0.5, 0.6) is 0 Å². The van der Waals surface area contributed by atoms with E-state index in [2.05, 4.69) is 31.3 Å². The Bertz CT molecular complexity index is 1030. The van der Waals surface area contributed by atoms with Crippen molar-refractivity contribution in [2.45, 2.75) is 283 Å². The minimum absolute atomic E-state index is 0.0864. The zero-order chi connectivity index (χ0) is 45.3. The van der Waals surface area contributed by atoms with Crippen LogP contribution in [0.15, 0.2) is 12.2 Å². The molecule has 2 unspecified atom stereocenters. The van der Waals surface area contributed by atoms with E-state index in [-0.39, 0.29) is 32.1 Å². The molecule has 0 aromatic carbocycles. The maximum absolute atomic E-state index is 12.2. The summed E-state index contributed by atoms with van der Waals surface area (Å²) >= 11 is 0. The second kappa shape index (κ2) is 49.2. The maximum Gasteiger partial charge on any atom is 0.472 e. The molecule has 1 amide bonds. The molecule has 0 aliphatic rings. The Hall–Kier alpha value is -1.25. The van der Waals surface area contributed by atoms with Gasteiger partial charge in [0.1, 0.15) is 12.7 Å². The summed E-state index contributed by atoms with van der Waals surface area (Å²) in [7, 11) is -4.42. The van der Waals surface area contributed by atoms with E-state index in [9.17, 15) is 24.2 Å². The van der Waals surface area contributed by atoms with Gasteiger partial charge in [0.2, 0.25) is 5.91 Å². The first kappa shape index (κ1) is 60.8. The number of unbranched alkanes of at least 4 members (excludes halogenated alkanes) is 36. The summed E-state index contributed by atoms with van der Waals surface area (Å²) in [6.07, 6.45) is 54.4. The van der Waals surface area contributed by atoms with Crippen molar-refractivity contribution < 1.29 is 37.9 Å². The highest BCUT2D eigenvalue weighted by Gasteiger charge is 2.23. The van der Waals surface area contributed by atoms with E-state index in [0.717, 1.165) is 38.5 Å². The number of rotatable bonds is 51. The lowest BCUT2D eigenvalue weighted by atomic mass is 10.0. The summed E-state index contributed by atoms with van der Waals surface area (Å²) in [5.74, 6) is -0.501. The molecule has 0 rings (SSSR count). The Morgan fingerprint density at radius 3 is 1.21 bits per heavy atom. The molecular weight excluding hydrogens is 798 g/mol. The number of carbonyl (C=O) groups excluding carboxylic acids is 2. The number of phosphoric acid groups is 1. The largest absolute Gasteiger partial charge is 0.472 e. The molecule has 0 saturated heterocycles. The fraction of sp³-hybridized carbons (Fsp3) is 0.923. The van der Waals surface area contributed by atoms with Gasteiger partial charge in [0.25, 0.3) is 0 Å². The van der Waals surface area contributed by atoms with Crippen LogP contribution >= 0.6 is 7.82 Å². The molecule has 2 atom stereocenters. The van der Waals surface area contributed by atoms with Gasteiger partial charge in [-0.2, -0.15) is 0 Å². The van der Waals surface area contributed by atoms with Crippen LogP contribution in [-0.4, -0.2) is 54.3 Å². The number of phosphoric ester groups is 1. The first-order valence-electron chi connectivity index (χ1n) is 26.7. The van der Waals surface area contributed by atoms with Crippen molar-refractivity contribution in [3.63, 3.8) is 0 Å². The Labute approximate surface area is 383 Å². The van der Waals surface area contributed by atoms with Gasteiger partial charge < -0.3 is 20.1 Å². The monoisotopic (exact) mass is 900 g/mol. The van der Waals surface area contributed by atoms with Crippen molar-refractivity contribution in [2.75, 3.05) is 26.4 Å². The molecule has 0 aliphatic carbocycles. The molecule has 0 radical (unpaired) electrons. The number of nitrogens with one attached hydrogen (secondary N) is 1. The summed E-state index contributed by atoms with van der Waals surface area (Å²) in [4.78, 5) is 34.1. The van der Waals surface area contributed by atoms with Gasteiger partial charge >= 0.3 is 13.8 Å². The van der Waals surface area contributed by atoms with Gasteiger partial charge in [-0.25, -0.2) is 4.57 Å². The molecule has 62 heavy (non-hydrogen) atoms. The Kier molecular flexibility index (Phi) is 48.2. The molecular formula is C52H102NO8P. The predicted octanol–water partition coefficient (Wildman–Crippen LogP) is 15.7. The molecule has 0 bridgehead atoms. The van der Waals surface area contributed by atoms with Gasteiger partial charge in [-0.05, 0) is 38.5 Å². The van der Waals surface area contributed by atoms with Gasteiger partial charge in [-0.3, -0.25) is 18.6 Å². The molecule has 368 valence electrons. The number of aliphatic hydroxyl groups is 1. The fourth-order valence-corrected chi connectivity index (χ4v) is 8.67. The number of esters is 1. The second-order valence-electron chi connectivity index (χ2n) is 18.2. The molecule has 9 nitrogen and oxygen atoms in total. The third-order valence-corrected chi connectivity index (χ3v) is 12.9. The van der Waals surface area contributed by atoms with Crippen LogP contribution in [0.2, 0.25) is 0 Å². The van der Waals surface area contributed by atoms with Crippen molar-refractivity contribution in [2.24, 2.45) is 0 Å². The molecule has 0 heterocycles. The zero-order valence-electron chi connectivity index (χ0n) is 40.8. The molecule has 0 aliphatic heterocycles. The van der Waals surface area contributed by atoms with Gasteiger partial charge in [0.05, 0.1) is 13.2 Å². The molecule has 10 heteroatoms. The standard InChI is InChI=1S/C52H102NO8P/c1-3-5-7-9-11-13-15-17-19-21-23-24-25-26-27-28-30-32-34-36-38-40-42-44-51(55)53-46-47-60-62(57,58)61-49-50(54)48-59-52(56)45-43-41-39-37-35-33-31-29-22-20-18-16-14-12-10-8-6-4-2/h17,19,50,54H,3-16,18,20-49H2,1-2H3,(H,53,55)(H,57,58)/b19-17+. The van der Waals surface area contributed by atoms with Gasteiger partial charge in [0.15, 0.2) is 0 Å². The van der Waals surface area contributed by atoms with Crippen molar-refractivity contribution in [1.29, 1.82) is 0 Å². The molecule has 3 N–H and O–H groups in total. The third kappa shape index (κ3) is 49.8. The van der Waals surface area contributed by atoms with Crippen molar-refractivity contribution in [3.8, 4) is 0 Å². The summed E-state index contributed by atoms with van der Waals surface area (Å²) < 4.78 is 27.0. The van der Waals surface area contributed by atoms with Crippen LogP contribution in [0.25, 0.3) is 0 Å². The van der Waals surface area contributed by atoms with Gasteiger partial charge in [0, 0.05) is 19.4 Å². The highest BCUT2D eigenvalue weighted by Crippen LogP contribution is 2.42. The predicted molar refractivity (Wildman–Crippen MR) is 261 cm³/mol. The topological polar surface area (TPSA) is 131 Å². The average molecular weight is 900 g/mol. The smallest absolute Gasteiger partial charge is 0.463 e. The molecule has 0 saturated carbocycles. The first-order chi connectivity index (χ1) is 30.3. The number of aliphatic hydroxyl groups excluding tert-OH is 1. The summed E-state index contributed by atoms with van der Waals surface area (Å²) in [6.45, 7) is 3.61. The Morgan fingerprint density at radius 1 is 0.484 bits per heavy atom. The SMILES string of the molecule is CCCCCCCC/C=C/CCCCCCCCCCCCCCCC(=O)NCCOP(=O)(O)OCC(O)COC(=O)CCCCCCCCCCCCCCCCCCCC. The number of hydrogen-bond donors (Lipinski definition) is 3.